The summed E-state index contributed by atoms with van der Waals surface area (Å²) in [5.41, 5.74) is 0. The topological polar surface area (TPSA) is 0 Å². The number of hydrogen-bond acceptors (Lipinski definition) is 1. The lowest BCUT2D eigenvalue weighted by Crippen LogP contribution is -2.29. The quantitative estimate of drug-likeness (QED) is 0.635. The maximum atomic E-state index is 2.45. The van der Waals surface area contributed by atoms with Gasteiger partial charge in [0, 0.05) is 0 Å². The molecule has 0 saturated heterocycles. The van der Waals surface area contributed by atoms with Crippen molar-refractivity contribution in [3.05, 3.63) is 0 Å². The largest absolute Gasteiger partial charge is 0.168 e. The Bertz CT molecular complexity index is 96.2. The Kier molecular flexibility index (Phi) is 4.44. The summed E-state index contributed by atoms with van der Waals surface area (Å²) in [5, 5.41) is 2.88. The molecule has 11 heavy (non-hydrogen) atoms. The smallest absolute Gasteiger partial charge is 0.0548 e. The SMILES string of the molecule is C[Si](C)(C)CSC[Si](C)(C)C. The van der Waals surface area contributed by atoms with Crippen LogP contribution in [0.3, 0.4) is 0 Å². The molecule has 0 bridgehead atoms. The molecule has 0 aliphatic heterocycles. The summed E-state index contributed by atoms with van der Waals surface area (Å²) in [5.74, 6) is 0. The fourth-order valence-electron chi connectivity index (χ4n) is 0.663. The fraction of sp³-hybridized carbons (Fsp3) is 1.00. The Balaban J connectivity index is 3.44. The normalized spacial score (nSPS) is 13.6. The highest BCUT2D eigenvalue weighted by molar-refractivity contribution is 8.02. The highest BCUT2D eigenvalue weighted by Crippen LogP contribution is 2.16. The predicted molar refractivity (Wildman–Crippen MR) is 64.0 cm³/mol. The van der Waals surface area contributed by atoms with Gasteiger partial charge in [-0.25, -0.2) is 0 Å². The van der Waals surface area contributed by atoms with Crippen molar-refractivity contribution in [1.29, 1.82) is 0 Å². The Morgan fingerprint density at radius 2 is 1.00 bits per heavy atom. The highest BCUT2D eigenvalue weighted by Gasteiger charge is 2.17. The Labute approximate surface area is 78.2 Å². The molecule has 3 heteroatoms. The van der Waals surface area contributed by atoms with Crippen molar-refractivity contribution in [1.82, 2.24) is 0 Å². The molecule has 0 aromatic rings. The van der Waals surface area contributed by atoms with Gasteiger partial charge >= 0.3 is 0 Å². The zero-order chi connectivity index (χ0) is 9.12. The minimum atomic E-state index is -0.772. The zero-order valence-corrected chi connectivity index (χ0v) is 11.6. The van der Waals surface area contributed by atoms with E-state index in [1.54, 1.807) is 0 Å². The minimum absolute atomic E-state index is 0.772. The van der Waals surface area contributed by atoms with E-state index in [2.05, 4.69) is 51.0 Å². The minimum Gasteiger partial charge on any atom is -0.168 e. The summed E-state index contributed by atoms with van der Waals surface area (Å²) in [4.78, 5) is 0. The molecule has 0 rings (SSSR count). The van der Waals surface area contributed by atoms with Gasteiger partial charge in [-0.05, 0) is 10.8 Å². The Morgan fingerprint density at radius 1 is 0.727 bits per heavy atom. The summed E-state index contributed by atoms with van der Waals surface area (Å²) in [6.07, 6.45) is 0. The van der Waals surface area contributed by atoms with E-state index in [0.29, 0.717) is 0 Å². The Morgan fingerprint density at radius 3 is 1.18 bits per heavy atom. The van der Waals surface area contributed by atoms with Crippen LogP contribution in [0.25, 0.3) is 0 Å². The molecule has 0 amide bonds. The summed E-state index contributed by atoms with van der Waals surface area (Å²) >= 11 is 2.19. The van der Waals surface area contributed by atoms with E-state index in [1.807, 2.05) is 0 Å². The molecule has 0 radical (unpaired) electrons. The Hall–Kier alpha value is 0.784. The van der Waals surface area contributed by atoms with E-state index in [9.17, 15) is 0 Å². The molecule has 0 aliphatic rings. The molecule has 0 aromatic carbocycles. The van der Waals surface area contributed by atoms with Gasteiger partial charge in [0.15, 0.2) is 0 Å². The zero-order valence-electron chi connectivity index (χ0n) is 8.82. The van der Waals surface area contributed by atoms with Gasteiger partial charge in [0.05, 0.1) is 16.1 Å². The second kappa shape index (κ2) is 4.14. The number of rotatable bonds is 4. The second-order valence-electron chi connectivity index (χ2n) is 5.61. The predicted octanol–water partition coefficient (Wildman–Crippen LogP) is 3.47. The average Bonchev–Trinajstić information content (AvgIpc) is 1.55. The van der Waals surface area contributed by atoms with Gasteiger partial charge in [-0.1, -0.05) is 39.3 Å². The first-order chi connectivity index (χ1) is 4.71. The summed E-state index contributed by atoms with van der Waals surface area (Å²) < 4.78 is 0. The van der Waals surface area contributed by atoms with E-state index in [4.69, 9.17) is 0 Å². The van der Waals surface area contributed by atoms with Gasteiger partial charge in [-0.3, -0.25) is 0 Å². The van der Waals surface area contributed by atoms with Crippen LogP contribution in [0.15, 0.2) is 0 Å². The third kappa shape index (κ3) is 10.8. The van der Waals surface area contributed by atoms with Crippen LogP contribution in [0.5, 0.6) is 0 Å². The maximum absolute atomic E-state index is 2.45. The van der Waals surface area contributed by atoms with Crippen LogP contribution in [0.2, 0.25) is 39.3 Å². The van der Waals surface area contributed by atoms with Crippen LogP contribution < -0.4 is 0 Å². The van der Waals surface area contributed by atoms with Crippen LogP contribution in [0, 0.1) is 0 Å². The van der Waals surface area contributed by atoms with Gasteiger partial charge < -0.3 is 0 Å². The first-order valence-electron chi connectivity index (χ1n) is 4.28. The van der Waals surface area contributed by atoms with Crippen LogP contribution in [0.4, 0.5) is 0 Å². The first-order valence-corrected chi connectivity index (χ1v) is 12.9. The van der Waals surface area contributed by atoms with Gasteiger partial charge in [-0.2, -0.15) is 11.8 Å². The summed E-state index contributed by atoms with van der Waals surface area (Å²) in [7, 11) is -1.54. The monoisotopic (exact) mass is 206 g/mol. The van der Waals surface area contributed by atoms with Crippen LogP contribution in [-0.4, -0.2) is 26.9 Å². The second-order valence-corrected chi connectivity index (χ2v) is 18.6. The standard InChI is InChI=1S/C8H22SSi2/c1-10(2,3)7-9-8-11(4,5)6/h7-8H2,1-6H3. The van der Waals surface area contributed by atoms with Crippen molar-refractivity contribution in [2.24, 2.45) is 0 Å². The lowest BCUT2D eigenvalue weighted by atomic mass is 11.7. The van der Waals surface area contributed by atoms with E-state index in [1.165, 1.54) is 10.8 Å². The summed E-state index contributed by atoms with van der Waals surface area (Å²) in [6.45, 7) is 14.7. The molecule has 0 aliphatic carbocycles. The molecular weight excluding hydrogens is 184 g/mol. The van der Waals surface area contributed by atoms with Gasteiger partial charge in [0.25, 0.3) is 0 Å². The van der Waals surface area contributed by atoms with E-state index in [0.717, 1.165) is 0 Å². The van der Waals surface area contributed by atoms with Crippen LogP contribution >= 0.6 is 11.8 Å². The van der Waals surface area contributed by atoms with E-state index >= 15 is 0 Å². The number of thioether (sulfide) groups is 1. The molecule has 0 saturated carbocycles. The third-order valence-corrected chi connectivity index (χ3v) is 9.63. The van der Waals surface area contributed by atoms with Crippen LogP contribution in [0.1, 0.15) is 0 Å². The van der Waals surface area contributed by atoms with Gasteiger partial charge in [0.2, 0.25) is 0 Å². The molecule has 0 heterocycles. The molecule has 0 aromatic heterocycles. The van der Waals surface area contributed by atoms with Gasteiger partial charge in [-0.15, -0.1) is 0 Å². The molecule has 0 N–H and O–H groups in total. The van der Waals surface area contributed by atoms with Crippen molar-refractivity contribution in [2.45, 2.75) is 39.3 Å². The molecule has 0 nitrogen and oxygen atoms in total. The fourth-order valence-corrected chi connectivity index (χ4v) is 6.89. The molecule has 0 atom stereocenters. The van der Waals surface area contributed by atoms with Crippen molar-refractivity contribution in [3.63, 3.8) is 0 Å². The van der Waals surface area contributed by atoms with Gasteiger partial charge in [0.1, 0.15) is 0 Å². The average molecular weight is 207 g/mol. The molecule has 0 fully saturated rings. The van der Waals surface area contributed by atoms with Crippen LogP contribution in [-0.2, 0) is 0 Å². The summed E-state index contributed by atoms with van der Waals surface area (Å²) in [6, 6.07) is 0. The maximum Gasteiger partial charge on any atom is 0.0548 e. The number of hydrogen-bond donors (Lipinski definition) is 0. The van der Waals surface area contributed by atoms with E-state index in [-0.39, 0.29) is 0 Å². The van der Waals surface area contributed by atoms with E-state index < -0.39 is 16.1 Å². The highest BCUT2D eigenvalue weighted by atomic mass is 32.2. The third-order valence-electron chi connectivity index (χ3n) is 1.07. The molecular formula is C8H22SSi2. The van der Waals surface area contributed by atoms with Crippen molar-refractivity contribution < 1.29 is 0 Å². The molecule has 0 spiro atoms. The van der Waals surface area contributed by atoms with Crippen molar-refractivity contribution >= 4 is 27.9 Å². The lowest BCUT2D eigenvalue weighted by Gasteiger charge is -2.19. The van der Waals surface area contributed by atoms with Crippen molar-refractivity contribution in [2.75, 3.05) is 10.8 Å². The molecule has 68 valence electrons. The van der Waals surface area contributed by atoms with Crippen molar-refractivity contribution in [3.8, 4) is 0 Å². The first kappa shape index (κ1) is 11.8. The lowest BCUT2D eigenvalue weighted by molar-refractivity contribution is 1.64. The molecule has 0 unspecified atom stereocenters.